The van der Waals surface area contributed by atoms with Gasteiger partial charge in [0.15, 0.2) is 11.4 Å². The summed E-state index contributed by atoms with van der Waals surface area (Å²) < 4.78 is 20.6. The lowest BCUT2D eigenvalue weighted by atomic mass is 10.1. The highest BCUT2D eigenvalue weighted by atomic mass is 19.1. The number of nitrogens with zero attached hydrogens (tertiary/aromatic N) is 2. The molecule has 5 nitrogen and oxygen atoms in total. The van der Waals surface area contributed by atoms with Crippen LogP contribution in [0.3, 0.4) is 0 Å². The Hall–Kier alpha value is -3.93. The highest BCUT2D eigenvalue weighted by Crippen LogP contribution is 2.29. The average molecular weight is 387 g/mol. The molecule has 0 spiro atoms. The van der Waals surface area contributed by atoms with E-state index in [9.17, 15) is 9.18 Å². The molecule has 29 heavy (non-hydrogen) atoms. The second-order valence-electron chi connectivity index (χ2n) is 6.41. The third-order valence-electron chi connectivity index (χ3n) is 4.36. The fourth-order valence-corrected chi connectivity index (χ4v) is 2.93. The first-order chi connectivity index (χ1) is 14.1. The van der Waals surface area contributed by atoms with Crippen molar-refractivity contribution in [3.8, 4) is 22.8 Å². The molecule has 0 aliphatic rings. The van der Waals surface area contributed by atoms with Crippen molar-refractivity contribution in [1.29, 1.82) is 0 Å². The standard InChI is InChI=1S/C23H18FN3O2/c1-27-21(16-11-13-17(24)14-12-16)15-20(26-27)23(28)25-19-9-5-6-10-22(19)29-18-7-3-2-4-8-18/h2-15H,1H3,(H,25,28). The van der Waals surface area contributed by atoms with E-state index in [-0.39, 0.29) is 17.4 Å². The van der Waals surface area contributed by atoms with Crippen LogP contribution in [0, 0.1) is 5.82 Å². The van der Waals surface area contributed by atoms with Crippen LogP contribution in [0.2, 0.25) is 0 Å². The van der Waals surface area contributed by atoms with Crippen molar-refractivity contribution in [2.24, 2.45) is 7.05 Å². The van der Waals surface area contributed by atoms with Gasteiger partial charge in [0.25, 0.3) is 5.91 Å². The van der Waals surface area contributed by atoms with Gasteiger partial charge in [-0.1, -0.05) is 30.3 Å². The number of carbonyl (C=O) groups excluding carboxylic acids is 1. The zero-order chi connectivity index (χ0) is 20.2. The van der Waals surface area contributed by atoms with Crippen molar-refractivity contribution in [2.75, 3.05) is 5.32 Å². The Morgan fingerprint density at radius 1 is 0.966 bits per heavy atom. The molecule has 0 bridgehead atoms. The van der Waals surface area contributed by atoms with Crippen molar-refractivity contribution in [2.45, 2.75) is 0 Å². The number of anilines is 1. The number of rotatable bonds is 5. The molecule has 3 aromatic carbocycles. The maximum Gasteiger partial charge on any atom is 0.276 e. The van der Waals surface area contributed by atoms with E-state index in [2.05, 4.69) is 10.4 Å². The molecule has 1 aromatic heterocycles. The third kappa shape index (κ3) is 4.16. The maximum atomic E-state index is 13.2. The molecule has 1 heterocycles. The predicted octanol–water partition coefficient (Wildman–Crippen LogP) is 5.27. The Kier molecular flexibility index (Phi) is 5.07. The third-order valence-corrected chi connectivity index (χ3v) is 4.36. The summed E-state index contributed by atoms with van der Waals surface area (Å²) in [6.45, 7) is 0. The van der Waals surface area contributed by atoms with Gasteiger partial charge in [0, 0.05) is 7.05 Å². The molecular formula is C23H18FN3O2. The molecular weight excluding hydrogens is 369 g/mol. The number of para-hydroxylation sites is 3. The summed E-state index contributed by atoms with van der Waals surface area (Å²) in [5.74, 6) is 0.523. The minimum absolute atomic E-state index is 0.251. The summed E-state index contributed by atoms with van der Waals surface area (Å²) in [5, 5.41) is 7.14. The van der Waals surface area contributed by atoms with Crippen molar-refractivity contribution in [3.63, 3.8) is 0 Å². The van der Waals surface area contributed by atoms with E-state index in [1.165, 1.54) is 12.1 Å². The SMILES string of the molecule is Cn1nc(C(=O)Nc2ccccc2Oc2ccccc2)cc1-c1ccc(F)cc1. The zero-order valence-electron chi connectivity index (χ0n) is 15.7. The van der Waals surface area contributed by atoms with Gasteiger partial charge in [-0.3, -0.25) is 9.48 Å². The molecule has 0 saturated carbocycles. The van der Waals surface area contributed by atoms with Crippen LogP contribution in [-0.2, 0) is 7.05 Å². The van der Waals surface area contributed by atoms with Crippen LogP contribution in [0.5, 0.6) is 11.5 Å². The quantitative estimate of drug-likeness (QED) is 0.507. The number of aryl methyl sites for hydroxylation is 1. The first-order valence-corrected chi connectivity index (χ1v) is 9.03. The van der Waals surface area contributed by atoms with E-state index in [1.807, 2.05) is 42.5 Å². The number of benzene rings is 3. The van der Waals surface area contributed by atoms with Crippen molar-refractivity contribution in [3.05, 3.63) is 96.4 Å². The molecule has 4 aromatic rings. The van der Waals surface area contributed by atoms with Gasteiger partial charge in [0.05, 0.1) is 11.4 Å². The van der Waals surface area contributed by atoms with Crippen LogP contribution in [0.25, 0.3) is 11.3 Å². The number of aromatic nitrogens is 2. The number of ether oxygens (including phenoxy) is 1. The first kappa shape index (κ1) is 18.4. The number of carbonyl (C=O) groups is 1. The second kappa shape index (κ2) is 7.98. The van der Waals surface area contributed by atoms with E-state index < -0.39 is 0 Å². The van der Waals surface area contributed by atoms with Gasteiger partial charge in [-0.05, 0) is 60.2 Å². The van der Waals surface area contributed by atoms with Crippen LogP contribution in [-0.4, -0.2) is 15.7 Å². The fraction of sp³-hybridized carbons (Fsp3) is 0.0435. The first-order valence-electron chi connectivity index (χ1n) is 9.03. The second-order valence-corrected chi connectivity index (χ2v) is 6.41. The van der Waals surface area contributed by atoms with Crippen LogP contribution in [0.1, 0.15) is 10.5 Å². The Bertz CT molecular complexity index is 1140. The van der Waals surface area contributed by atoms with Crippen molar-refractivity contribution in [1.82, 2.24) is 9.78 Å². The molecule has 0 saturated heterocycles. The Morgan fingerprint density at radius 3 is 2.41 bits per heavy atom. The van der Waals surface area contributed by atoms with Crippen LogP contribution in [0.4, 0.5) is 10.1 Å². The molecule has 0 fully saturated rings. The smallest absolute Gasteiger partial charge is 0.276 e. The molecule has 0 unspecified atom stereocenters. The molecule has 1 N–H and O–H groups in total. The number of halogens is 1. The summed E-state index contributed by atoms with van der Waals surface area (Å²) in [7, 11) is 1.74. The summed E-state index contributed by atoms with van der Waals surface area (Å²) >= 11 is 0. The predicted molar refractivity (Wildman–Crippen MR) is 110 cm³/mol. The van der Waals surface area contributed by atoms with Crippen LogP contribution >= 0.6 is 0 Å². The van der Waals surface area contributed by atoms with Gasteiger partial charge in [-0.15, -0.1) is 0 Å². The highest BCUT2D eigenvalue weighted by molar-refractivity contribution is 6.04. The van der Waals surface area contributed by atoms with Gasteiger partial charge in [-0.25, -0.2) is 4.39 Å². The summed E-state index contributed by atoms with van der Waals surface area (Å²) in [6, 6.07) is 24.2. The van der Waals surface area contributed by atoms with E-state index in [0.29, 0.717) is 22.9 Å². The summed E-state index contributed by atoms with van der Waals surface area (Å²) in [6.07, 6.45) is 0. The molecule has 0 aliphatic heterocycles. The Labute approximate surface area is 167 Å². The molecule has 0 aliphatic carbocycles. The fourth-order valence-electron chi connectivity index (χ4n) is 2.93. The minimum Gasteiger partial charge on any atom is -0.455 e. The maximum absolute atomic E-state index is 13.2. The lowest BCUT2D eigenvalue weighted by Crippen LogP contribution is -2.13. The van der Waals surface area contributed by atoms with E-state index in [1.54, 1.807) is 42.1 Å². The van der Waals surface area contributed by atoms with E-state index in [4.69, 9.17) is 4.74 Å². The molecule has 6 heteroatoms. The summed E-state index contributed by atoms with van der Waals surface area (Å²) in [4.78, 5) is 12.8. The van der Waals surface area contributed by atoms with Crippen LogP contribution in [0.15, 0.2) is 84.9 Å². The minimum atomic E-state index is -0.363. The molecule has 0 radical (unpaired) electrons. The number of hydrogen-bond acceptors (Lipinski definition) is 3. The zero-order valence-corrected chi connectivity index (χ0v) is 15.7. The number of amides is 1. The van der Waals surface area contributed by atoms with Crippen molar-refractivity contribution >= 4 is 11.6 Å². The van der Waals surface area contributed by atoms with Crippen LogP contribution < -0.4 is 10.1 Å². The van der Waals surface area contributed by atoms with E-state index in [0.717, 1.165) is 5.56 Å². The highest BCUT2D eigenvalue weighted by Gasteiger charge is 2.16. The van der Waals surface area contributed by atoms with E-state index >= 15 is 0 Å². The summed E-state index contributed by atoms with van der Waals surface area (Å²) in [5.41, 5.74) is 2.27. The normalized spacial score (nSPS) is 10.6. The lowest BCUT2D eigenvalue weighted by Gasteiger charge is -2.11. The molecule has 0 atom stereocenters. The Morgan fingerprint density at radius 2 is 1.66 bits per heavy atom. The monoisotopic (exact) mass is 387 g/mol. The van der Waals surface area contributed by atoms with Gasteiger partial charge in [0.2, 0.25) is 0 Å². The van der Waals surface area contributed by atoms with Gasteiger partial charge in [0.1, 0.15) is 11.6 Å². The molecule has 144 valence electrons. The number of nitrogens with one attached hydrogen (secondary N) is 1. The lowest BCUT2D eigenvalue weighted by molar-refractivity contribution is 0.102. The van der Waals surface area contributed by atoms with Crippen molar-refractivity contribution < 1.29 is 13.9 Å². The molecule has 1 amide bonds. The average Bonchev–Trinajstić information content (AvgIpc) is 3.13. The number of hydrogen-bond donors (Lipinski definition) is 1. The van der Waals surface area contributed by atoms with Gasteiger partial charge >= 0.3 is 0 Å². The largest absolute Gasteiger partial charge is 0.455 e. The Balaban J connectivity index is 1.56. The topological polar surface area (TPSA) is 56.2 Å². The van der Waals surface area contributed by atoms with Gasteiger partial charge < -0.3 is 10.1 Å². The van der Waals surface area contributed by atoms with Gasteiger partial charge in [-0.2, -0.15) is 5.10 Å². The molecule has 4 rings (SSSR count).